The van der Waals surface area contributed by atoms with E-state index < -0.39 is 5.06 Å². The first-order valence-electron chi connectivity index (χ1n) is 4.65. The molecule has 0 saturated carbocycles. The summed E-state index contributed by atoms with van der Waals surface area (Å²) in [6.07, 6.45) is 1.45. The van der Waals surface area contributed by atoms with Crippen molar-refractivity contribution in [2.45, 2.75) is 17.9 Å². The van der Waals surface area contributed by atoms with Crippen molar-refractivity contribution >= 4 is 17.4 Å². The van der Waals surface area contributed by atoms with Crippen LogP contribution in [0.15, 0.2) is 30.3 Å². The highest BCUT2D eigenvalue weighted by molar-refractivity contribution is 6.36. The second-order valence-corrected chi connectivity index (χ2v) is 3.99. The summed E-state index contributed by atoms with van der Waals surface area (Å²) in [6.45, 7) is 0.572. The van der Waals surface area contributed by atoms with Gasteiger partial charge < -0.3 is 4.74 Å². The molecule has 74 valence electrons. The van der Waals surface area contributed by atoms with Crippen LogP contribution >= 0.6 is 11.6 Å². The van der Waals surface area contributed by atoms with Gasteiger partial charge in [-0.3, -0.25) is 4.79 Å². The van der Waals surface area contributed by atoms with E-state index in [-0.39, 0.29) is 5.78 Å². The molecule has 1 saturated heterocycles. The topological polar surface area (TPSA) is 26.3 Å². The van der Waals surface area contributed by atoms with Crippen molar-refractivity contribution in [3.05, 3.63) is 35.9 Å². The van der Waals surface area contributed by atoms with Crippen LogP contribution in [0.5, 0.6) is 0 Å². The number of carbonyl (C=O) groups excluding carboxylic acids is 1. The Morgan fingerprint density at radius 1 is 1.36 bits per heavy atom. The third-order valence-corrected chi connectivity index (χ3v) is 2.82. The number of rotatable bonds is 2. The van der Waals surface area contributed by atoms with Crippen molar-refractivity contribution < 1.29 is 9.53 Å². The van der Waals surface area contributed by atoms with Crippen LogP contribution < -0.4 is 0 Å². The van der Waals surface area contributed by atoms with Gasteiger partial charge in [-0.2, -0.15) is 0 Å². The summed E-state index contributed by atoms with van der Waals surface area (Å²) < 4.78 is 5.27. The Balaban J connectivity index is 2.24. The molecule has 1 aromatic carbocycles. The van der Waals surface area contributed by atoms with Gasteiger partial charge in [0.1, 0.15) is 0 Å². The first-order valence-corrected chi connectivity index (χ1v) is 5.03. The quantitative estimate of drug-likeness (QED) is 0.554. The molecule has 0 aromatic heterocycles. The van der Waals surface area contributed by atoms with Gasteiger partial charge in [0.05, 0.1) is 0 Å². The maximum Gasteiger partial charge on any atom is 0.210 e. The number of ether oxygens (including phenoxy) is 1. The highest BCUT2D eigenvalue weighted by Crippen LogP contribution is 2.33. The van der Waals surface area contributed by atoms with E-state index in [4.69, 9.17) is 16.3 Å². The summed E-state index contributed by atoms with van der Waals surface area (Å²) >= 11 is 6.08. The molecule has 0 aliphatic carbocycles. The van der Waals surface area contributed by atoms with Gasteiger partial charge in [-0.05, 0) is 6.42 Å². The van der Waals surface area contributed by atoms with Crippen molar-refractivity contribution in [3.63, 3.8) is 0 Å². The minimum atomic E-state index is -1.11. The summed E-state index contributed by atoms with van der Waals surface area (Å²) in [5, 5.41) is -1.11. The lowest BCUT2D eigenvalue weighted by molar-refractivity contribution is 0.0500. The molecule has 1 aromatic rings. The molecule has 14 heavy (non-hydrogen) atoms. The highest BCUT2D eigenvalue weighted by atomic mass is 35.5. The van der Waals surface area contributed by atoms with Gasteiger partial charge in [-0.15, -0.1) is 0 Å². The number of alkyl halides is 1. The minimum absolute atomic E-state index is 0.128. The summed E-state index contributed by atoms with van der Waals surface area (Å²) in [4.78, 5) is 11.9. The molecular formula is C11H11ClO2. The Kier molecular flexibility index (Phi) is 2.57. The van der Waals surface area contributed by atoms with E-state index in [1.165, 1.54) is 0 Å². The summed E-state index contributed by atoms with van der Waals surface area (Å²) in [5.74, 6) is -0.128. The largest absolute Gasteiger partial charge is 0.352 e. The summed E-state index contributed by atoms with van der Waals surface area (Å²) in [6, 6.07) is 9.03. The number of carbonyl (C=O) groups is 1. The van der Waals surface area contributed by atoms with Crippen LogP contribution in [0, 0.1) is 0 Å². The van der Waals surface area contributed by atoms with E-state index in [0.717, 1.165) is 6.42 Å². The molecule has 0 radical (unpaired) electrons. The molecule has 2 nitrogen and oxygen atoms in total. The zero-order valence-electron chi connectivity index (χ0n) is 7.70. The second kappa shape index (κ2) is 3.71. The lowest BCUT2D eigenvalue weighted by atomic mass is 10.0. The number of hydrogen-bond donors (Lipinski definition) is 0. The van der Waals surface area contributed by atoms with Crippen LogP contribution in [-0.2, 0) is 4.74 Å². The van der Waals surface area contributed by atoms with Crippen molar-refractivity contribution in [1.29, 1.82) is 0 Å². The van der Waals surface area contributed by atoms with E-state index in [9.17, 15) is 4.79 Å². The number of Topliss-reactive ketones (excluding diaryl/α,β-unsaturated/α-hetero) is 1. The average molecular weight is 211 g/mol. The van der Waals surface area contributed by atoms with Crippen LogP contribution in [-0.4, -0.2) is 17.5 Å². The fourth-order valence-electron chi connectivity index (χ4n) is 1.59. The third-order valence-electron chi connectivity index (χ3n) is 2.35. The average Bonchev–Trinajstić information content (AvgIpc) is 2.67. The Hall–Kier alpha value is -0.860. The molecule has 0 amide bonds. The van der Waals surface area contributed by atoms with Crippen LogP contribution in [0.25, 0.3) is 0 Å². The van der Waals surface area contributed by atoms with Gasteiger partial charge in [-0.25, -0.2) is 0 Å². The lowest BCUT2D eigenvalue weighted by Gasteiger charge is -2.18. The molecule has 1 atom stereocenters. The van der Waals surface area contributed by atoms with Crippen LogP contribution in [0.3, 0.4) is 0 Å². The smallest absolute Gasteiger partial charge is 0.210 e. The molecule has 1 unspecified atom stereocenters. The van der Waals surface area contributed by atoms with Gasteiger partial charge in [0.15, 0.2) is 0 Å². The number of hydrogen-bond acceptors (Lipinski definition) is 2. The lowest BCUT2D eigenvalue weighted by Crippen LogP contribution is -2.31. The Morgan fingerprint density at radius 2 is 2.07 bits per heavy atom. The standard InChI is InChI=1S/C11H11ClO2/c12-11(7-4-8-14-11)10(13)9-5-2-1-3-6-9/h1-3,5-6H,4,7-8H2. The summed E-state index contributed by atoms with van der Waals surface area (Å²) in [7, 11) is 0. The second-order valence-electron chi connectivity index (χ2n) is 3.38. The first kappa shape index (κ1) is 9.69. The van der Waals surface area contributed by atoms with Gasteiger partial charge in [0.2, 0.25) is 10.8 Å². The Bertz CT molecular complexity index is 328. The molecular weight excluding hydrogens is 200 g/mol. The zero-order valence-corrected chi connectivity index (χ0v) is 8.46. The molecule has 0 bridgehead atoms. The zero-order chi connectivity index (χ0) is 10.0. The van der Waals surface area contributed by atoms with Crippen LogP contribution in [0.4, 0.5) is 0 Å². The van der Waals surface area contributed by atoms with Crippen LogP contribution in [0.1, 0.15) is 23.2 Å². The molecule has 1 aliphatic rings. The van der Waals surface area contributed by atoms with E-state index in [0.29, 0.717) is 18.6 Å². The van der Waals surface area contributed by atoms with Gasteiger partial charge in [0, 0.05) is 18.6 Å². The molecule has 1 fully saturated rings. The highest BCUT2D eigenvalue weighted by Gasteiger charge is 2.40. The molecule has 0 spiro atoms. The fraction of sp³-hybridized carbons (Fsp3) is 0.364. The maximum atomic E-state index is 11.9. The predicted octanol–water partition coefficient (Wildman–Crippen LogP) is 2.61. The predicted molar refractivity (Wildman–Crippen MR) is 54.5 cm³/mol. The van der Waals surface area contributed by atoms with Crippen molar-refractivity contribution in [1.82, 2.24) is 0 Å². The van der Waals surface area contributed by atoms with E-state index in [1.807, 2.05) is 18.2 Å². The first-order chi connectivity index (χ1) is 6.72. The molecule has 0 N–H and O–H groups in total. The van der Waals surface area contributed by atoms with Gasteiger partial charge in [-0.1, -0.05) is 41.9 Å². The van der Waals surface area contributed by atoms with Crippen LogP contribution in [0.2, 0.25) is 0 Å². The van der Waals surface area contributed by atoms with Crippen molar-refractivity contribution in [2.24, 2.45) is 0 Å². The SMILES string of the molecule is O=C(c1ccccc1)C1(Cl)CCCO1. The van der Waals surface area contributed by atoms with Crippen molar-refractivity contribution in [2.75, 3.05) is 6.61 Å². The minimum Gasteiger partial charge on any atom is -0.352 e. The van der Waals surface area contributed by atoms with Crippen molar-refractivity contribution in [3.8, 4) is 0 Å². The van der Waals surface area contributed by atoms with E-state index in [1.54, 1.807) is 12.1 Å². The van der Waals surface area contributed by atoms with Gasteiger partial charge >= 0.3 is 0 Å². The monoisotopic (exact) mass is 210 g/mol. The number of benzene rings is 1. The summed E-state index contributed by atoms with van der Waals surface area (Å²) in [5.41, 5.74) is 0.615. The fourth-order valence-corrected chi connectivity index (χ4v) is 1.91. The third kappa shape index (κ3) is 1.68. The molecule has 1 aliphatic heterocycles. The molecule has 1 heterocycles. The molecule has 3 heteroatoms. The maximum absolute atomic E-state index is 11.9. The normalized spacial score (nSPS) is 26.4. The number of halogens is 1. The van der Waals surface area contributed by atoms with Gasteiger partial charge in [0.25, 0.3) is 0 Å². The number of ketones is 1. The Labute approximate surface area is 87.8 Å². The van der Waals surface area contributed by atoms with E-state index in [2.05, 4.69) is 0 Å². The van der Waals surface area contributed by atoms with E-state index >= 15 is 0 Å². The molecule has 2 rings (SSSR count). The Morgan fingerprint density at radius 3 is 2.64 bits per heavy atom.